The highest BCUT2D eigenvalue weighted by Gasteiger charge is 2.36. The average molecular weight is 339 g/mol. The Morgan fingerprint density at radius 2 is 1.83 bits per heavy atom. The highest BCUT2D eigenvalue weighted by molar-refractivity contribution is 5.62. The van der Waals surface area contributed by atoms with Gasteiger partial charge in [-0.15, -0.1) is 0 Å². The lowest BCUT2D eigenvalue weighted by atomic mass is 10.2. The molecule has 4 nitrogen and oxygen atoms in total. The highest BCUT2D eigenvalue weighted by atomic mass is 19.4. The van der Waals surface area contributed by atoms with Gasteiger partial charge in [-0.05, 0) is 18.6 Å². The van der Waals surface area contributed by atoms with Crippen molar-refractivity contribution in [3.63, 3.8) is 0 Å². The maximum atomic E-state index is 13.3. The third-order valence-corrected chi connectivity index (χ3v) is 3.49. The monoisotopic (exact) mass is 339 g/mol. The standard InChI is InChI=1S/C17H20F3N3O/c1-3-4-8-11-24-16-21-12-14(17(18,19)20)15(22-16)23(2)13-9-6-5-7-10-13/h5-7,9-10,12H,3-4,8,11H2,1-2H3. The van der Waals surface area contributed by atoms with Crippen molar-refractivity contribution in [2.45, 2.75) is 32.4 Å². The van der Waals surface area contributed by atoms with Crippen molar-refractivity contribution < 1.29 is 17.9 Å². The second-order valence-corrected chi connectivity index (χ2v) is 5.34. The van der Waals surface area contributed by atoms with Gasteiger partial charge in [-0.2, -0.15) is 18.2 Å². The molecule has 1 heterocycles. The smallest absolute Gasteiger partial charge is 0.421 e. The minimum Gasteiger partial charge on any atom is -0.463 e. The van der Waals surface area contributed by atoms with E-state index in [4.69, 9.17) is 4.74 Å². The topological polar surface area (TPSA) is 38.2 Å². The number of halogens is 3. The maximum absolute atomic E-state index is 13.3. The molecule has 0 aliphatic carbocycles. The molecule has 0 fully saturated rings. The van der Waals surface area contributed by atoms with E-state index in [0.29, 0.717) is 12.3 Å². The zero-order valence-corrected chi connectivity index (χ0v) is 13.7. The summed E-state index contributed by atoms with van der Waals surface area (Å²) in [5, 5.41) is 0. The van der Waals surface area contributed by atoms with Crippen LogP contribution in [0, 0.1) is 0 Å². The van der Waals surface area contributed by atoms with E-state index in [1.807, 2.05) is 0 Å². The molecule has 2 rings (SSSR count). The molecule has 1 aromatic heterocycles. The van der Waals surface area contributed by atoms with Crippen LogP contribution in [-0.4, -0.2) is 23.6 Å². The van der Waals surface area contributed by atoms with Gasteiger partial charge in [-0.3, -0.25) is 0 Å². The van der Waals surface area contributed by atoms with Gasteiger partial charge in [0.05, 0.1) is 6.61 Å². The van der Waals surface area contributed by atoms with E-state index in [0.717, 1.165) is 25.5 Å². The SMILES string of the molecule is CCCCCOc1ncc(C(F)(F)F)c(N(C)c2ccccc2)n1. The van der Waals surface area contributed by atoms with E-state index in [9.17, 15) is 13.2 Å². The number of unbranched alkanes of at least 4 members (excludes halogenated alkanes) is 2. The Morgan fingerprint density at radius 3 is 2.46 bits per heavy atom. The number of nitrogens with zero attached hydrogens (tertiary/aromatic N) is 3. The second-order valence-electron chi connectivity index (χ2n) is 5.34. The number of hydrogen-bond donors (Lipinski definition) is 0. The summed E-state index contributed by atoms with van der Waals surface area (Å²) in [6, 6.07) is 8.68. The Kier molecular flexibility index (Phi) is 6.00. The molecule has 130 valence electrons. The molecule has 0 bridgehead atoms. The fourth-order valence-corrected chi connectivity index (χ4v) is 2.17. The Balaban J connectivity index is 2.30. The van der Waals surface area contributed by atoms with Crippen LogP contribution in [0.3, 0.4) is 0 Å². The predicted molar refractivity (Wildman–Crippen MR) is 86.6 cm³/mol. The molecule has 0 spiro atoms. The van der Waals surface area contributed by atoms with E-state index in [2.05, 4.69) is 16.9 Å². The first-order valence-electron chi connectivity index (χ1n) is 7.79. The molecule has 0 aliphatic heterocycles. The van der Waals surface area contributed by atoms with Gasteiger partial charge in [-0.25, -0.2) is 4.98 Å². The third kappa shape index (κ3) is 4.59. The quantitative estimate of drug-likeness (QED) is 0.677. The van der Waals surface area contributed by atoms with Gasteiger partial charge in [-0.1, -0.05) is 38.0 Å². The summed E-state index contributed by atoms with van der Waals surface area (Å²) in [6.07, 6.45) is -0.947. The summed E-state index contributed by atoms with van der Waals surface area (Å²) in [5.74, 6) is -0.228. The van der Waals surface area contributed by atoms with Crippen molar-refractivity contribution in [2.24, 2.45) is 0 Å². The number of hydrogen-bond acceptors (Lipinski definition) is 4. The number of rotatable bonds is 7. The first-order valence-corrected chi connectivity index (χ1v) is 7.79. The first kappa shape index (κ1) is 18.0. The van der Waals surface area contributed by atoms with E-state index < -0.39 is 11.7 Å². The summed E-state index contributed by atoms with van der Waals surface area (Å²) >= 11 is 0. The van der Waals surface area contributed by atoms with E-state index in [1.165, 1.54) is 11.9 Å². The Morgan fingerprint density at radius 1 is 1.12 bits per heavy atom. The number of para-hydroxylation sites is 1. The molecular weight excluding hydrogens is 319 g/mol. The van der Waals surface area contributed by atoms with Crippen LogP contribution in [0.25, 0.3) is 0 Å². The Labute approximate surface area is 139 Å². The van der Waals surface area contributed by atoms with Crippen molar-refractivity contribution in [1.29, 1.82) is 0 Å². The van der Waals surface area contributed by atoms with Gasteiger partial charge in [0.15, 0.2) is 5.82 Å². The molecule has 0 unspecified atom stereocenters. The Hall–Kier alpha value is -2.31. The molecule has 1 aromatic carbocycles. The number of aromatic nitrogens is 2. The molecule has 0 N–H and O–H groups in total. The Bertz CT molecular complexity index is 647. The summed E-state index contributed by atoms with van der Waals surface area (Å²) in [5.41, 5.74) is -0.298. The molecule has 0 saturated carbocycles. The lowest BCUT2D eigenvalue weighted by Gasteiger charge is -2.22. The van der Waals surface area contributed by atoms with Crippen LogP contribution in [0.2, 0.25) is 0 Å². The normalized spacial score (nSPS) is 11.4. The van der Waals surface area contributed by atoms with Crippen molar-refractivity contribution in [3.8, 4) is 6.01 Å². The maximum Gasteiger partial charge on any atom is 0.421 e. The van der Waals surface area contributed by atoms with Crippen LogP contribution < -0.4 is 9.64 Å². The molecule has 0 atom stereocenters. The summed E-state index contributed by atoms with van der Waals surface area (Å²) in [4.78, 5) is 9.06. The fraction of sp³-hybridized carbons (Fsp3) is 0.412. The van der Waals surface area contributed by atoms with Gasteiger partial charge in [0, 0.05) is 18.9 Å². The van der Waals surface area contributed by atoms with Gasteiger partial charge in [0.2, 0.25) is 0 Å². The lowest BCUT2D eigenvalue weighted by molar-refractivity contribution is -0.137. The fourth-order valence-electron chi connectivity index (χ4n) is 2.17. The predicted octanol–water partition coefficient (Wildman–Crippen LogP) is 4.83. The molecule has 0 radical (unpaired) electrons. The van der Waals surface area contributed by atoms with Gasteiger partial charge < -0.3 is 9.64 Å². The number of benzene rings is 1. The summed E-state index contributed by atoms with van der Waals surface area (Å²) < 4.78 is 45.2. The van der Waals surface area contributed by atoms with Crippen LogP contribution in [0.15, 0.2) is 36.5 Å². The second kappa shape index (κ2) is 7.99. The molecule has 0 aliphatic rings. The zero-order valence-electron chi connectivity index (χ0n) is 13.7. The summed E-state index contributed by atoms with van der Waals surface area (Å²) in [7, 11) is 1.54. The minimum atomic E-state index is -4.54. The van der Waals surface area contributed by atoms with Gasteiger partial charge in [0.25, 0.3) is 0 Å². The van der Waals surface area contributed by atoms with Crippen LogP contribution in [0.1, 0.15) is 31.7 Å². The van der Waals surface area contributed by atoms with Gasteiger partial charge >= 0.3 is 12.2 Å². The van der Waals surface area contributed by atoms with Crippen molar-refractivity contribution in [2.75, 3.05) is 18.6 Å². The van der Waals surface area contributed by atoms with Crippen LogP contribution in [0.4, 0.5) is 24.7 Å². The zero-order chi connectivity index (χ0) is 17.6. The largest absolute Gasteiger partial charge is 0.463 e. The van der Waals surface area contributed by atoms with Crippen molar-refractivity contribution in [3.05, 3.63) is 42.1 Å². The average Bonchev–Trinajstić information content (AvgIpc) is 2.58. The van der Waals surface area contributed by atoms with Crippen molar-refractivity contribution in [1.82, 2.24) is 9.97 Å². The van der Waals surface area contributed by atoms with Crippen molar-refractivity contribution >= 4 is 11.5 Å². The molecule has 24 heavy (non-hydrogen) atoms. The number of anilines is 2. The first-order chi connectivity index (χ1) is 11.4. The number of alkyl halides is 3. The van der Waals surface area contributed by atoms with E-state index in [1.54, 1.807) is 30.3 Å². The van der Waals surface area contributed by atoms with E-state index in [-0.39, 0.29) is 11.8 Å². The van der Waals surface area contributed by atoms with E-state index >= 15 is 0 Å². The molecule has 0 amide bonds. The number of ether oxygens (including phenoxy) is 1. The molecule has 2 aromatic rings. The van der Waals surface area contributed by atoms with Crippen LogP contribution >= 0.6 is 0 Å². The lowest BCUT2D eigenvalue weighted by Crippen LogP contribution is -2.19. The van der Waals surface area contributed by atoms with Crippen LogP contribution in [-0.2, 0) is 6.18 Å². The molecular formula is C17H20F3N3O. The van der Waals surface area contributed by atoms with Gasteiger partial charge in [0.1, 0.15) is 5.56 Å². The van der Waals surface area contributed by atoms with Crippen LogP contribution in [0.5, 0.6) is 6.01 Å². The minimum absolute atomic E-state index is 0.0446. The highest BCUT2D eigenvalue weighted by Crippen LogP contribution is 2.37. The molecule has 7 heteroatoms. The summed E-state index contributed by atoms with van der Waals surface area (Å²) in [6.45, 7) is 2.44. The molecule has 0 saturated heterocycles. The third-order valence-electron chi connectivity index (χ3n) is 3.49.